The fraction of sp³-hybridized carbons (Fsp3) is 0.333. The lowest BCUT2D eigenvalue weighted by Gasteiger charge is -2.12. The predicted molar refractivity (Wildman–Crippen MR) is 118 cm³/mol. The molecule has 28 heavy (non-hydrogen) atoms. The summed E-state index contributed by atoms with van der Waals surface area (Å²) in [6.07, 6.45) is 7.24. The highest BCUT2D eigenvalue weighted by Crippen LogP contribution is 2.43. The van der Waals surface area contributed by atoms with Crippen molar-refractivity contribution in [1.29, 1.82) is 0 Å². The zero-order valence-corrected chi connectivity index (χ0v) is 17.7. The summed E-state index contributed by atoms with van der Waals surface area (Å²) in [5.41, 5.74) is 5.18. The van der Waals surface area contributed by atoms with Gasteiger partial charge in [0.2, 0.25) is 0 Å². The molecule has 1 aliphatic rings. The Balaban J connectivity index is 1.80. The lowest BCUT2D eigenvalue weighted by atomic mass is 9.99. The molecule has 4 heterocycles. The Bertz CT molecular complexity index is 1180. The van der Waals surface area contributed by atoms with Crippen molar-refractivity contribution in [2.24, 2.45) is 0 Å². The molecule has 5 rings (SSSR count). The minimum Gasteiger partial charge on any atom is -0.324 e. The molecule has 1 aliphatic carbocycles. The molecule has 0 saturated carbocycles. The van der Waals surface area contributed by atoms with Crippen molar-refractivity contribution in [3.8, 4) is 0 Å². The van der Waals surface area contributed by atoms with E-state index in [4.69, 9.17) is 15.0 Å². The number of nitrogens with one attached hydrogen (secondary N) is 1. The number of nitrogens with zero attached hydrogens (tertiary/aromatic N) is 4. The third-order valence-electron chi connectivity index (χ3n) is 5.19. The van der Waals surface area contributed by atoms with Gasteiger partial charge in [0.05, 0.1) is 10.2 Å². The maximum absolute atomic E-state index is 5.09. The second-order valence-electron chi connectivity index (χ2n) is 7.32. The van der Waals surface area contributed by atoms with Crippen LogP contribution in [0.5, 0.6) is 0 Å². The average molecular weight is 408 g/mol. The van der Waals surface area contributed by atoms with E-state index in [0.29, 0.717) is 5.92 Å². The van der Waals surface area contributed by atoms with Gasteiger partial charge in [0.1, 0.15) is 10.6 Å². The van der Waals surface area contributed by atoms with Crippen molar-refractivity contribution in [2.45, 2.75) is 44.2 Å². The van der Waals surface area contributed by atoms with Gasteiger partial charge in [-0.3, -0.25) is 0 Å². The highest BCUT2D eigenvalue weighted by atomic mass is 32.2. The standard InChI is InChI=1S/C21H21N5S2/c1-11(2)16-13-8-6-7-12(13)15-17-18(28-20(15)24-16)19(26-21(25-17)27-3)23-14-9-4-5-10-22-14/h4-5,9-11H,6-8H2,1-3H3,(H,22,23,25,26). The maximum Gasteiger partial charge on any atom is 0.189 e. The molecule has 0 saturated heterocycles. The summed E-state index contributed by atoms with van der Waals surface area (Å²) in [5.74, 6) is 2.03. The number of aromatic nitrogens is 4. The Morgan fingerprint density at radius 2 is 1.96 bits per heavy atom. The van der Waals surface area contributed by atoms with E-state index in [1.807, 2.05) is 24.5 Å². The fourth-order valence-electron chi connectivity index (χ4n) is 3.99. The molecule has 0 amide bonds. The molecule has 0 spiro atoms. The normalized spacial score (nSPS) is 13.6. The van der Waals surface area contributed by atoms with Gasteiger partial charge in [-0.05, 0) is 54.7 Å². The third kappa shape index (κ3) is 2.84. The van der Waals surface area contributed by atoms with Crippen LogP contribution in [-0.4, -0.2) is 26.2 Å². The predicted octanol–water partition coefficient (Wildman–Crippen LogP) is 5.71. The van der Waals surface area contributed by atoms with Crippen molar-refractivity contribution >= 4 is 55.2 Å². The molecule has 4 aromatic rings. The second kappa shape index (κ2) is 6.97. The van der Waals surface area contributed by atoms with Crippen LogP contribution in [0.3, 0.4) is 0 Å². The molecule has 0 aliphatic heterocycles. The number of hydrogen-bond donors (Lipinski definition) is 1. The molecule has 0 bridgehead atoms. The molecule has 0 aromatic carbocycles. The lowest BCUT2D eigenvalue weighted by molar-refractivity contribution is 0.805. The van der Waals surface area contributed by atoms with E-state index in [0.717, 1.165) is 44.7 Å². The van der Waals surface area contributed by atoms with Gasteiger partial charge in [0, 0.05) is 17.3 Å². The SMILES string of the molecule is CSc1nc(Nc2ccccn2)c2sc3nc(C(C)C)c4c(c3c2n1)CCC4. The summed E-state index contributed by atoms with van der Waals surface area (Å²) in [6, 6.07) is 5.83. The minimum atomic E-state index is 0.431. The van der Waals surface area contributed by atoms with Crippen LogP contribution in [0.25, 0.3) is 20.4 Å². The molecule has 0 fully saturated rings. The number of thioether (sulfide) groups is 1. The molecule has 142 valence electrons. The second-order valence-corrected chi connectivity index (χ2v) is 9.09. The van der Waals surface area contributed by atoms with Gasteiger partial charge in [0.25, 0.3) is 0 Å². The van der Waals surface area contributed by atoms with E-state index >= 15 is 0 Å². The summed E-state index contributed by atoms with van der Waals surface area (Å²) in [7, 11) is 0. The average Bonchev–Trinajstić information content (AvgIpc) is 3.32. The number of hydrogen-bond acceptors (Lipinski definition) is 7. The number of pyridine rings is 2. The highest BCUT2D eigenvalue weighted by molar-refractivity contribution is 7.98. The quantitative estimate of drug-likeness (QED) is 0.345. The van der Waals surface area contributed by atoms with Crippen LogP contribution in [0.4, 0.5) is 11.6 Å². The Morgan fingerprint density at radius 3 is 2.71 bits per heavy atom. The van der Waals surface area contributed by atoms with E-state index in [2.05, 4.69) is 24.1 Å². The summed E-state index contributed by atoms with van der Waals surface area (Å²) in [4.78, 5) is 20.2. The first-order chi connectivity index (χ1) is 13.7. The van der Waals surface area contributed by atoms with E-state index in [-0.39, 0.29) is 0 Å². The monoisotopic (exact) mass is 407 g/mol. The van der Waals surface area contributed by atoms with Crippen LogP contribution in [0, 0.1) is 0 Å². The van der Waals surface area contributed by atoms with Gasteiger partial charge in [0.15, 0.2) is 11.0 Å². The summed E-state index contributed by atoms with van der Waals surface area (Å²) in [6.45, 7) is 4.47. The Hall–Kier alpha value is -2.25. The summed E-state index contributed by atoms with van der Waals surface area (Å²) < 4.78 is 1.06. The Morgan fingerprint density at radius 1 is 1.11 bits per heavy atom. The molecule has 4 aromatic heterocycles. The first-order valence-corrected chi connectivity index (χ1v) is 11.6. The van der Waals surface area contributed by atoms with Crippen molar-refractivity contribution in [1.82, 2.24) is 19.9 Å². The maximum atomic E-state index is 5.09. The van der Waals surface area contributed by atoms with E-state index < -0.39 is 0 Å². The van der Waals surface area contributed by atoms with Crippen molar-refractivity contribution in [3.63, 3.8) is 0 Å². The molecular formula is C21H21N5S2. The van der Waals surface area contributed by atoms with Crippen molar-refractivity contribution in [2.75, 3.05) is 11.6 Å². The molecule has 0 atom stereocenters. The Kier molecular flexibility index (Phi) is 4.44. The number of thiophene rings is 1. The lowest BCUT2D eigenvalue weighted by Crippen LogP contribution is -2.01. The zero-order valence-electron chi connectivity index (χ0n) is 16.1. The van der Waals surface area contributed by atoms with Crippen molar-refractivity contribution in [3.05, 3.63) is 41.2 Å². The molecule has 5 nitrogen and oxygen atoms in total. The topological polar surface area (TPSA) is 63.6 Å². The first-order valence-electron chi connectivity index (χ1n) is 9.53. The summed E-state index contributed by atoms with van der Waals surface area (Å²) in [5, 5.41) is 5.40. The molecular weight excluding hydrogens is 386 g/mol. The van der Waals surface area contributed by atoms with Crippen LogP contribution < -0.4 is 5.32 Å². The third-order valence-corrected chi connectivity index (χ3v) is 6.81. The number of fused-ring (bicyclic) bond motifs is 5. The smallest absolute Gasteiger partial charge is 0.189 e. The molecule has 0 radical (unpaired) electrons. The van der Waals surface area contributed by atoms with Crippen LogP contribution in [0.15, 0.2) is 29.6 Å². The van der Waals surface area contributed by atoms with Gasteiger partial charge >= 0.3 is 0 Å². The summed E-state index contributed by atoms with van der Waals surface area (Å²) >= 11 is 3.25. The van der Waals surface area contributed by atoms with Gasteiger partial charge in [-0.1, -0.05) is 31.7 Å². The number of anilines is 2. The largest absolute Gasteiger partial charge is 0.324 e. The van der Waals surface area contributed by atoms with E-state index in [1.165, 1.54) is 28.6 Å². The minimum absolute atomic E-state index is 0.431. The molecule has 1 N–H and O–H groups in total. The van der Waals surface area contributed by atoms with Crippen LogP contribution >= 0.6 is 23.1 Å². The zero-order chi connectivity index (χ0) is 19.3. The molecule has 0 unspecified atom stereocenters. The van der Waals surface area contributed by atoms with Gasteiger partial charge in [-0.25, -0.2) is 19.9 Å². The fourth-order valence-corrected chi connectivity index (χ4v) is 5.45. The van der Waals surface area contributed by atoms with Gasteiger partial charge in [-0.2, -0.15) is 0 Å². The van der Waals surface area contributed by atoms with Gasteiger partial charge in [-0.15, -0.1) is 11.3 Å². The Labute approximate surface area is 172 Å². The van der Waals surface area contributed by atoms with Crippen LogP contribution in [0.2, 0.25) is 0 Å². The van der Waals surface area contributed by atoms with E-state index in [1.54, 1.807) is 29.3 Å². The van der Waals surface area contributed by atoms with Crippen molar-refractivity contribution < 1.29 is 0 Å². The van der Waals surface area contributed by atoms with E-state index in [9.17, 15) is 0 Å². The molecule has 7 heteroatoms. The first kappa shape index (κ1) is 17.8. The van der Waals surface area contributed by atoms with Crippen LogP contribution in [-0.2, 0) is 12.8 Å². The van der Waals surface area contributed by atoms with Crippen LogP contribution in [0.1, 0.15) is 43.0 Å². The number of rotatable bonds is 4. The highest BCUT2D eigenvalue weighted by Gasteiger charge is 2.25. The number of aryl methyl sites for hydroxylation is 1. The van der Waals surface area contributed by atoms with Gasteiger partial charge < -0.3 is 5.32 Å².